The van der Waals surface area contributed by atoms with Crippen molar-refractivity contribution in [2.45, 2.75) is 6.54 Å². The van der Waals surface area contributed by atoms with Crippen molar-refractivity contribution in [2.24, 2.45) is 0 Å². The quantitative estimate of drug-likeness (QED) is 0.602. The Morgan fingerprint density at radius 2 is 2.08 bits per heavy atom. The van der Waals surface area contributed by atoms with E-state index in [9.17, 15) is 0 Å². The van der Waals surface area contributed by atoms with Crippen molar-refractivity contribution in [1.82, 2.24) is 25.1 Å². The summed E-state index contributed by atoms with van der Waals surface area (Å²) in [5.41, 5.74) is 0. The average molecular weight is 183 g/mol. The van der Waals surface area contributed by atoms with Crippen LogP contribution >= 0.6 is 0 Å². The van der Waals surface area contributed by atoms with E-state index in [2.05, 4.69) is 20.4 Å². The van der Waals surface area contributed by atoms with E-state index in [1.165, 1.54) is 0 Å². The standard InChI is InChI=1S/C7H13N5O/c1(2-12-7-8-9-10-12)11-3-5-13-6-4-11/h7H,1-6H2. The van der Waals surface area contributed by atoms with Gasteiger partial charge in [-0.05, 0) is 10.4 Å². The lowest BCUT2D eigenvalue weighted by Gasteiger charge is -2.26. The molecule has 0 aliphatic carbocycles. The van der Waals surface area contributed by atoms with Gasteiger partial charge < -0.3 is 4.74 Å². The predicted molar refractivity (Wildman–Crippen MR) is 45.1 cm³/mol. The number of hydrogen-bond acceptors (Lipinski definition) is 5. The minimum Gasteiger partial charge on any atom is -0.379 e. The smallest absolute Gasteiger partial charge is 0.138 e. The van der Waals surface area contributed by atoms with E-state index in [1.807, 2.05) is 0 Å². The Morgan fingerprint density at radius 1 is 1.23 bits per heavy atom. The summed E-state index contributed by atoms with van der Waals surface area (Å²) in [5, 5.41) is 10.9. The number of morpholine rings is 1. The van der Waals surface area contributed by atoms with Crippen LogP contribution in [0.2, 0.25) is 0 Å². The minimum atomic E-state index is 0.843. The summed E-state index contributed by atoms with van der Waals surface area (Å²) in [6, 6.07) is 0. The Morgan fingerprint density at radius 3 is 2.77 bits per heavy atom. The van der Waals surface area contributed by atoms with Crippen LogP contribution in [0.3, 0.4) is 0 Å². The second-order valence-electron chi connectivity index (χ2n) is 3.03. The van der Waals surface area contributed by atoms with Gasteiger partial charge in [0.05, 0.1) is 19.8 Å². The second-order valence-corrected chi connectivity index (χ2v) is 3.03. The lowest BCUT2D eigenvalue weighted by Crippen LogP contribution is -2.38. The lowest BCUT2D eigenvalue weighted by molar-refractivity contribution is 0.0359. The van der Waals surface area contributed by atoms with Crippen LogP contribution in [0.5, 0.6) is 0 Å². The van der Waals surface area contributed by atoms with Gasteiger partial charge in [-0.3, -0.25) is 4.90 Å². The molecule has 13 heavy (non-hydrogen) atoms. The highest BCUT2D eigenvalue weighted by molar-refractivity contribution is 4.61. The van der Waals surface area contributed by atoms with Crippen LogP contribution in [0.25, 0.3) is 0 Å². The highest BCUT2D eigenvalue weighted by atomic mass is 16.5. The van der Waals surface area contributed by atoms with Gasteiger partial charge in [-0.15, -0.1) is 5.10 Å². The van der Waals surface area contributed by atoms with E-state index in [4.69, 9.17) is 4.74 Å². The number of rotatable bonds is 3. The summed E-state index contributed by atoms with van der Waals surface area (Å²) >= 11 is 0. The molecule has 0 aromatic carbocycles. The van der Waals surface area contributed by atoms with Crippen LogP contribution in [0, 0.1) is 0 Å². The van der Waals surface area contributed by atoms with Crippen LogP contribution in [-0.2, 0) is 11.3 Å². The summed E-state index contributed by atoms with van der Waals surface area (Å²) in [7, 11) is 0. The zero-order valence-electron chi connectivity index (χ0n) is 7.46. The normalized spacial score (nSPS) is 19.1. The maximum absolute atomic E-state index is 5.25. The Kier molecular flexibility index (Phi) is 2.83. The van der Waals surface area contributed by atoms with Crippen LogP contribution < -0.4 is 0 Å². The molecule has 2 heterocycles. The van der Waals surface area contributed by atoms with E-state index >= 15 is 0 Å². The van der Waals surface area contributed by atoms with Gasteiger partial charge in [-0.1, -0.05) is 0 Å². The molecule has 0 bridgehead atoms. The van der Waals surface area contributed by atoms with Crippen molar-refractivity contribution in [3.05, 3.63) is 6.33 Å². The zero-order valence-corrected chi connectivity index (χ0v) is 7.46. The monoisotopic (exact) mass is 183 g/mol. The molecule has 2 rings (SSSR count). The highest BCUT2D eigenvalue weighted by Gasteiger charge is 2.09. The molecule has 1 aliphatic rings. The third kappa shape index (κ3) is 2.46. The van der Waals surface area contributed by atoms with Crippen molar-refractivity contribution in [3.8, 4) is 0 Å². The summed E-state index contributed by atoms with van der Waals surface area (Å²) in [6.45, 7) is 5.57. The number of tetrazole rings is 1. The molecule has 0 amide bonds. The van der Waals surface area contributed by atoms with Gasteiger partial charge in [0.2, 0.25) is 0 Å². The number of aromatic nitrogens is 4. The maximum Gasteiger partial charge on any atom is 0.138 e. The molecule has 1 fully saturated rings. The first-order valence-corrected chi connectivity index (χ1v) is 4.46. The SMILES string of the molecule is c1nnnn1CCN1CCOCC1. The molecular weight excluding hydrogens is 170 g/mol. The fourth-order valence-corrected chi connectivity index (χ4v) is 1.35. The molecule has 0 spiro atoms. The molecule has 0 radical (unpaired) electrons. The molecule has 72 valence electrons. The Bertz CT molecular complexity index is 231. The first kappa shape index (κ1) is 8.58. The number of ether oxygens (including phenoxy) is 1. The third-order valence-electron chi connectivity index (χ3n) is 2.14. The Labute approximate surface area is 76.5 Å². The molecule has 1 saturated heterocycles. The molecule has 0 saturated carbocycles. The van der Waals surface area contributed by atoms with Gasteiger partial charge in [-0.25, -0.2) is 4.68 Å². The van der Waals surface area contributed by atoms with E-state index < -0.39 is 0 Å². The van der Waals surface area contributed by atoms with Crippen molar-refractivity contribution in [1.29, 1.82) is 0 Å². The highest BCUT2D eigenvalue weighted by Crippen LogP contribution is 1.96. The molecule has 6 nitrogen and oxygen atoms in total. The summed E-state index contributed by atoms with van der Waals surface area (Å²) < 4.78 is 6.99. The van der Waals surface area contributed by atoms with E-state index in [0.29, 0.717) is 0 Å². The number of hydrogen-bond donors (Lipinski definition) is 0. The molecule has 1 aliphatic heterocycles. The second kappa shape index (κ2) is 4.29. The van der Waals surface area contributed by atoms with Gasteiger partial charge in [0.1, 0.15) is 6.33 Å². The van der Waals surface area contributed by atoms with Crippen molar-refractivity contribution >= 4 is 0 Å². The third-order valence-corrected chi connectivity index (χ3v) is 2.14. The minimum absolute atomic E-state index is 0.843. The van der Waals surface area contributed by atoms with E-state index in [1.54, 1.807) is 11.0 Å². The van der Waals surface area contributed by atoms with E-state index in [-0.39, 0.29) is 0 Å². The van der Waals surface area contributed by atoms with Crippen molar-refractivity contribution in [2.75, 3.05) is 32.8 Å². The van der Waals surface area contributed by atoms with Gasteiger partial charge in [0.15, 0.2) is 0 Å². The fourth-order valence-electron chi connectivity index (χ4n) is 1.35. The first-order valence-electron chi connectivity index (χ1n) is 4.46. The Balaban J connectivity index is 1.72. The van der Waals surface area contributed by atoms with Gasteiger partial charge in [0, 0.05) is 19.6 Å². The molecule has 6 heteroatoms. The summed E-state index contributed by atoms with van der Waals surface area (Å²) in [6.07, 6.45) is 1.64. The fraction of sp³-hybridized carbons (Fsp3) is 0.857. The Hall–Kier alpha value is -1.01. The van der Waals surface area contributed by atoms with E-state index in [0.717, 1.165) is 39.4 Å². The van der Waals surface area contributed by atoms with Crippen molar-refractivity contribution in [3.63, 3.8) is 0 Å². The zero-order chi connectivity index (χ0) is 8.93. The predicted octanol–water partition coefficient (Wildman–Crippen LogP) is -0.995. The van der Waals surface area contributed by atoms with Crippen molar-refractivity contribution < 1.29 is 4.74 Å². The largest absolute Gasteiger partial charge is 0.379 e. The van der Waals surface area contributed by atoms with Crippen LogP contribution in [-0.4, -0.2) is 58.0 Å². The summed E-state index contributed by atoms with van der Waals surface area (Å²) in [4.78, 5) is 2.35. The molecule has 0 N–H and O–H groups in total. The summed E-state index contributed by atoms with van der Waals surface area (Å²) in [5.74, 6) is 0. The van der Waals surface area contributed by atoms with Crippen LogP contribution in [0.4, 0.5) is 0 Å². The molecular formula is C7H13N5O. The number of nitrogens with zero attached hydrogens (tertiary/aromatic N) is 5. The molecule has 0 unspecified atom stereocenters. The maximum atomic E-state index is 5.25. The molecule has 1 aromatic heterocycles. The van der Waals surface area contributed by atoms with Gasteiger partial charge in [0.25, 0.3) is 0 Å². The van der Waals surface area contributed by atoms with Gasteiger partial charge in [-0.2, -0.15) is 0 Å². The first-order chi connectivity index (χ1) is 6.45. The average Bonchev–Trinajstić information content (AvgIpc) is 2.69. The molecule has 0 atom stereocenters. The van der Waals surface area contributed by atoms with Crippen LogP contribution in [0.15, 0.2) is 6.33 Å². The topological polar surface area (TPSA) is 56.1 Å². The molecule has 1 aromatic rings. The van der Waals surface area contributed by atoms with Gasteiger partial charge >= 0.3 is 0 Å². The van der Waals surface area contributed by atoms with Crippen LogP contribution in [0.1, 0.15) is 0 Å². The lowest BCUT2D eigenvalue weighted by atomic mass is 10.4.